The molecule has 1 N–H and O–H groups in total. The van der Waals surface area contributed by atoms with Gasteiger partial charge >= 0.3 is 0 Å². The van der Waals surface area contributed by atoms with Crippen LogP contribution in [0.15, 0.2) is 30.3 Å². The van der Waals surface area contributed by atoms with Crippen molar-refractivity contribution < 1.29 is 8.42 Å². The summed E-state index contributed by atoms with van der Waals surface area (Å²) in [6, 6.07) is 10.0. The van der Waals surface area contributed by atoms with Crippen molar-refractivity contribution in [3.63, 3.8) is 0 Å². The Kier molecular flexibility index (Phi) is 5.44. The van der Waals surface area contributed by atoms with Gasteiger partial charge in [-0.1, -0.05) is 46.3 Å². The maximum atomic E-state index is 11.3. The largest absolute Gasteiger partial charge is 0.221 e. The summed E-state index contributed by atoms with van der Waals surface area (Å²) in [6.07, 6.45) is 1.68. The molecule has 1 atom stereocenters. The molecule has 90 valence electrons. The molecular formula is C11H16BrNO2S. The number of hydrogen-bond donors (Lipinski definition) is 1. The maximum Gasteiger partial charge on any atom is 0.221 e. The third kappa shape index (κ3) is 5.09. The van der Waals surface area contributed by atoms with Crippen LogP contribution in [-0.2, 0) is 16.4 Å². The molecule has 1 aromatic carbocycles. The molecular weight excluding hydrogens is 290 g/mol. The number of halogens is 1. The van der Waals surface area contributed by atoms with Crippen LogP contribution in [0.25, 0.3) is 0 Å². The second kappa shape index (κ2) is 6.37. The van der Waals surface area contributed by atoms with E-state index in [4.69, 9.17) is 0 Å². The Bertz CT molecular complexity index is 405. The minimum atomic E-state index is -3.16. The Hall–Kier alpha value is -0.390. The fourth-order valence-electron chi connectivity index (χ4n) is 1.42. The van der Waals surface area contributed by atoms with Crippen molar-refractivity contribution in [2.45, 2.75) is 25.8 Å². The summed E-state index contributed by atoms with van der Waals surface area (Å²) >= 11 is 2.94. The Morgan fingerprint density at radius 1 is 1.31 bits per heavy atom. The summed E-state index contributed by atoms with van der Waals surface area (Å²) in [5, 5.41) is 0. The molecule has 1 aromatic rings. The lowest BCUT2D eigenvalue weighted by atomic mass is 10.1. The highest BCUT2D eigenvalue weighted by Crippen LogP contribution is 2.06. The number of nitrogens with one attached hydrogen (secondary N) is 1. The average molecular weight is 306 g/mol. The van der Waals surface area contributed by atoms with Gasteiger partial charge in [0.25, 0.3) is 0 Å². The minimum absolute atomic E-state index is 0.0391. The Labute approximate surface area is 105 Å². The van der Waals surface area contributed by atoms with Crippen LogP contribution >= 0.6 is 15.9 Å². The van der Waals surface area contributed by atoms with Gasteiger partial charge in [0.05, 0.1) is 0 Å². The molecule has 5 heteroatoms. The zero-order chi connectivity index (χ0) is 12.0. The highest BCUT2D eigenvalue weighted by atomic mass is 79.9. The molecule has 0 aliphatic rings. The zero-order valence-electron chi connectivity index (χ0n) is 9.19. The molecule has 1 rings (SSSR count). The number of sulfonamides is 1. The van der Waals surface area contributed by atoms with E-state index >= 15 is 0 Å². The van der Waals surface area contributed by atoms with Crippen molar-refractivity contribution >= 4 is 26.0 Å². The number of aryl methyl sites for hydroxylation is 1. The third-order valence-corrected chi connectivity index (χ3v) is 5.09. The molecule has 0 aliphatic carbocycles. The topological polar surface area (TPSA) is 46.2 Å². The van der Waals surface area contributed by atoms with E-state index in [1.165, 1.54) is 5.56 Å². The zero-order valence-corrected chi connectivity index (χ0v) is 11.6. The molecule has 0 amide bonds. The van der Waals surface area contributed by atoms with E-state index in [0.29, 0.717) is 0 Å². The van der Waals surface area contributed by atoms with E-state index in [2.05, 4.69) is 20.7 Å². The Morgan fingerprint density at radius 3 is 2.50 bits per heavy atom. The second-order valence-corrected chi connectivity index (χ2v) is 6.82. The highest BCUT2D eigenvalue weighted by Gasteiger charge is 2.12. The fraction of sp³-hybridized carbons (Fsp3) is 0.455. The van der Waals surface area contributed by atoms with Gasteiger partial charge in [-0.25, -0.2) is 13.1 Å². The van der Waals surface area contributed by atoms with Crippen molar-refractivity contribution in [3.8, 4) is 0 Å². The molecule has 0 aliphatic heterocycles. The van der Waals surface area contributed by atoms with Crippen molar-refractivity contribution in [3.05, 3.63) is 35.9 Å². The van der Waals surface area contributed by atoms with Crippen LogP contribution in [0.4, 0.5) is 0 Å². The van der Waals surface area contributed by atoms with Gasteiger partial charge in [-0.05, 0) is 25.3 Å². The fourth-order valence-corrected chi connectivity index (χ4v) is 2.62. The Balaban J connectivity index is 2.39. The monoisotopic (exact) mass is 305 g/mol. The lowest BCUT2D eigenvalue weighted by Crippen LogP contribution is -2.33. The summed E-state index contributed by atoms with van der Waals surface area (Å²) in [6.45, 7) is 1.88. The molecule has 0 saturated carbocycles. The van der Waals surface area contributed by atoms with E-state index in [0.717, 1.165) is 12.8 Å². The van der Waals surface area contributed by atoms with Crippen LogP contribution in [0.2, 0.25) is 0 Å². The van der Waals surface area contributed by atoms with Crippen LogP contribution < -0.4 is 4.72 Å². The van der Waals surface area contributed by atoms with Crippen LogP contribution in [0.5, 0.6) is 0 Å². The van der Waals surface area contributed by atoms with Gasteiger partial charge in [0.15, 0.2) is 0 Å². The van der Waals surface area contributed by atoms with Gasteiger partial charge in [0.2, 0.25) is 10.0 Å². The van der Waals surface area contributed by atoms with Gasteiger partial charge in [-0.2, -0.15) is 0 Å². The van der Waals surface area contributed by atoms with E-state index in [1.54, 1.807) is 0 Å². The quantitative estimate of drug-likeness (QED) is 0.820. The van der Waals surface area contributed by atoms with Crippen LogP contribution in [0.3, 0.4) is 0 Å². The molecule has 16 heavy (non-hydrogen) atoms. The summed E-state index contributed by atoms with van der Waals surface area (Å²) in [5.41, 5.74) is 1.23. The second-order valence-electron chi connectivity index (χ2n) is 3.77. The predicted molar refractivity (Wildman–Crippen MR) is 70.1 cm³/mol. The lowest BCUT2D eigenvalue weighted by Gasteiger charge is -2.12. The van der Waals surface area contributed by atoms with Crippen LogP contribution in [0, 0.1) is 0 Å². The summed E-state index contributed by atoms with van der Waals surface area (Å²) in [4.78, 5) is 0. The first-order valence-corrected chi connectivity index (χ1v) is 7.91. The Morgan fingerprint density at radius 2 is 1.94 bits per heavy atom. The van der Waals surface area contributed by atoms with Crippen LogP contribution in [-0.4, -0.2) is 19.1 Å². The van der Waals surface area contributed by atoms with Gasteiger partial charge in [-0.15, -0.1) is 0 Å². The first-order valence-electron chi connectivity index (χ1n) is 5.13. The smallest absolute Gasteiger partial charge is 0.212 e. The van der Waals surface area contributed by atoms with E-state index in [1.807, 2.05) is 37.3 Å². The summed E-state index contributed by atoms with van der Waals surface area (Å²) in [5.74, 6) is 0. The molecule has 0 bridgehead atoms. The summed E-state index contributed by atoms with van der Waals surface area (Å²) in [7, 11) is -3.16. The average Bonchev–Trinajstić information content (AvgIpc) is 2.27. The molecule has 0 fully saturated rings. The SMILES string of the molecule is CC(CCc1ccccc1)NS(=O)(=O)CBr. The molecule has 3 nitrogen and oxygen atoms in total. The van der Waals surface area contributed by atoms with Gasteiger partial charge in [0.1, 0.15) is 4.66 Å². The van der Waals surface area contributed by atoms with E-state index in [-0.39, 0.29) is 10.7 Å². The number of hydrogen-bond acceptors (Lipinski definition) is 2. The molecule has 0 spiro atoms. The van der Waals surface area contributed by atoms with Crippen molar-refractivity contribution in [2.75, 3.05) is 4.66 Å². The number of alkyl halides is 1. The number of benzene rings is 1. The van der Waals surface area contributed by atoms with E-state index in [9.17, 15) is 8.42 Å². The first kappa shape index (κ1) is 13.7. The van der Waals surface area contributed by atoms with Gasteiger partial charge in [0, 0.05) is 6.04 Å². The third-order valence-electron chi connectivity index (χ3n) is 2.23. The van der Waals surface area contributed by atoms with Crippen molar-refractivity contribution in [1.29, 1.82) is 0 Å². The van der Waals surface area contributed by atoms with Gasteiger partial charge < -0.3 is 0 Å². The standard InChI is InChI=1S/C11H16BrNO2S/c1-10(13-16(14,15)9-12)7-8-11-5-3-2-4-6-11/h2-6,10,13H,7-9H2,1H3. The van der Waals surface area contributed by atoms with E-state index < -0.39 is 10.0 Å². The van der Waals surface area contributed by atoms with Crippen LogP contribution in [0.1, 0.15) is 18.9 Å². The predicted octanol–water partition coefficient (Wildman–Crippen LogP) is 2.28. The maximum absolute atomic E-state index is 11.3. The molecule has 0 radical (unpaired) electrons. The normalized spacial score (nSPS) is 13.6. The first-order chi connectivity index (χ1) is 7.53. The lowest BCUT2D eigenvalue weighted by molar-refractivity contribution is 0.551. The number of rotatable bonds is 6. The van der Waals surface area contributed by atoms with Crippen molar-refractivity contribution in [1.82, 2.24) is 4.72 Å². The van der Waals surface area contributed by atoms with Crippen molar-refractivity contribution in [2.24, 2.45) is 0 Å². The highest BCUT2D eigenvalue weighted by molar-refractivity contribution is 9.10. The molecule has 0 saturated heterocycles. The summed E-state index contributed by atoms with van der Waals surface area (Å²) < 4.78 is 25.1. The molecule has 0 heterocycles. The molecule has 1 unspecified atom stereocenters. The minimum Gasteiger partial charge on any atom is -0.212 e. The van der Waals surface area contributed by atoms with Gasteiger partial charge in [-0.3, -0.25) is 0 Å². The molecule has 0 aromatic heterocycles.